The number of carbonyl (C=O) groups is 1. The third-order valence-corrected chi connectivity index (χ3v) is 6.30. The van der Waals surface area contributed by atoms with Crippen LogP contribution in [0.2, 0.25) is 5.02 Å². The monoisotopic (exact) mass is 469 g/mol. The van der Waals surface area contributed by atoms with Gasteiger partial charge in [-0.1, -0.05) is 35.9 Å². The number of aromatic nitrogens is 2. The molecule has 1 N–H and O–H groups in total. The van der Waals surface area contributed by atoms with E-state index in [0.29, 0.717) is 43.2 Å². The Balaban J connectivity index is 1.41. The molecule has 0 aliphatic carbocycles. The van der Waals surface area contributed by atoms with Crippen molar-refractivity contribution >= 4 is 28.9 Å². The summed E-state index contributed by atoms with van der Waals surface area (Å²) in [6, 6.07) is 13.0. The van der Waals surface area contributed by atoms with Gasteiger partial charge in [0.2, 0.25) is 5.91 Å². The highest BCUT2D eigenvalue weighted by molar-refractivity contribution is 6.33. The molecule has 1 atom stereocenters. The van der Waals surface area contributed by atoms with Crippen LogP contribution in [0.1, 0.15) is 12.5 Å². The van der Waals surface area contributed by atoms with Gasteiger partial charge in [0.15, 0.2) is 0 Å². The van der Waals surface area contributed by atoms with Crippen LogP contribution in [0, 0.1) is 12.7 Å². The van der Waals surface area contributed by atoms with E-state index in [1.54, 1.807) is 24.4 Å². The van der Waals surface area contributed by atoms with Gasteiger partial charge >= 0.3 is 0 Å². The largest absolute Gasteiger partial charge is 0.366 e. The van der Waals surface area contributed by atoms with Gasteiger partial charge in [-0.3, -0.25) is 14.5 Å². The number of para-hydroxylation sites is 1. The van der Waals surface area contributed by atoms with Gasteiger partial charge in [-0.05, 0) is 43.7 Å². The lowest BCUT2D eigenvalue weighted by molar-refractivity contribution is -0.120. The molecule has 1 fully saturated rings. The van der Waals surface area contributed by atoms with Gasteiger partial charge in [-0.25, -0.2) is 4.39 Å². The van der Waals surface area contributed by atoms with Crippen molar-refractivity contribution in [3.8, 4) is 5.69 Å². The summed E-state index contributed by atoms with van der Waals surface area (Å²) in [5.74, 6) is -0.584. The molecule has 1 aliphatic heterocycles. The number of halogens is 2. The lowest BCUT2D eigenvalue weighted by Gasteiger charge is -2.38. The third kappa shape index (κ3) is 4.91. The van der Waals surface area contributed by atoms with Crippen molar-refractivity contribution in [1.82, 2.24) is 14.7 Å². The normalized spacial score (nSPS) is 15.3. The molecule has 4 rings (SSSR count). The number of carbonyl (C=O) groups excluding carboxylic acids is 1. The molecule has 0 saturated carbocycles. The lowest BCUT2D eigenvalue weighted by Crippen LogP contribution is -2.53. The fourth-order valence-corrected chi connectivity index (χ4v) is 4.13. The number of anilines is 2. The molecule has 1 saturated heterocycles. The molecule has 9 heteroatoms. The van der Waals surface area contributed by atoms with E-state index in [2.05, 4.69) is 10.4 Å². The quantitative estimate of drug-likeness (QED) is 0.619. The summed E-state index contributed by atoms with van der Waals surface area (Å²) in [5.41, 5.74) is 2.13. The van der Waals surface area contributed by atoms with E-state index in [1.165, 1.54) is 16.8 Å². The number of hydrogen-bond donors (Lipinski definition) is 1. The highest BCUT2D eigenvalue weighted by Crippen LogP contribution is 2.24. The summed E-state index contributed by atoms with van der Waals surface area (Å²) in [6.07, 6.45) is 1.61. The summed E-state index contributed by atoms with van der Waals surface area (Å²) in [6.45, 7) is 6.04. The average Bonchev–Trinajstić information content (AvgIpc) is 2.83. The molecular weight excluding hydrogens is 445 g/mol. The van der Waals surface area contributed by atoms with E-state index < -0.39 is 11.9 Å². The maximum atomic E-state index is 13.5. The number of piperazine rings is 1. The van der Waals surface area contributed by atoms with Crippen LogP contribution in [0.5, 0.6) is 0 Å². The number of nitrogens with one attached hydrogen (secondary N) is 1. The Labute approximate surface area is 196 Å². The molecule has 1 aromatic heterocycles. The summed E-state index contributed by atoms with van der Waals surface area (Å²) in [7, 11) is 0. The minimum absolute atomic E-state index is 0.120. The predicted octanol–water partition coefficient (Wildman–Crippen LogP) is 3.48. The first-order chi connectivity index (χ1) is 15.8. The molecular formula is C24H25ClFN5O2. The molecule has 0 bridgehead atoms. The van der Waals surface area contributed by atoms with Crippen LogP contribution < -0.4 is 15.8 Å². The van der Waals surface area contributed by atoms with Crippen molar-refractivity contribution < 1.29 is 9.18 Å². The molecule has 33 heavy (non-hydrogen) atoms. The van der Waals surface area contributed by atoms with Crippen LogP contribution in [0.15, 0.2) is 59.5 Å². The Bertz CT molecular complexity index is 1210. The lowest BCUT2D eigenvalue weighted by atomic mass is 10.1. The number of aryl methyl sites for hydroxylation is 1. The SMILES string of the molecule is Cc1ccc(F)cc1NC(=O)C(C)N1CCN(c2cnn(-c3ccccc3)c(=O)c2Cl)CC1. The van der Waals surface area contributed by atoms with Gasteiger partial charge in [0, 0.05) is 31.9 Å². The number of hydrogen-bond acceptors (Lipinski definition) is 5. The standard InChI is InChI=1S/C24H25ClFN5O2/c1-16-8-9-18(26)14-20(16)28-23(32)17(2)29-10-12-30(13-11-29)21-15-27-31(24(33)22(21)25)19-6-4-3-5-7-19/h3-9,14-15,17H,10-13H2,1-2H3,(H,28,32). The molecule has 1 aliphatic rings. The summed E-state index contributed by atoms with van der Waals surface area (Å²) in [5, 5.41) is 7.24. The number of nitrogens with zero attached hydrogens (tertiary/aromatic N) is 4. The predicted molar refractivity (Wildman–Crippen MR) is 128 cm³/mol. The smallest absolute Gasteiger partial charge is 0.292 e. The Morgan fingerprint density at radius 1 is 1.12 bits per heavy atom. The van der Waals surface area contributed by atoms with Gasteiger partial charge in [0.25, 0.3) is 5.56 Å². The molecule has 7 nitrogen and oxygen atoms in total. The highest BCUT2D eigenvalue weighted by Gasteiger charge is 2.27. The van der Waals surface area contributed by atoms with Crippen LogP contribution in [-0.4, -0.2) is 52.8 Å². The first kappa shape index (κ1) is 22.9. The fraction of sp³-hybridized carbons (Fsp3) is 0.292. The van der Waals surface area contributed by atoms with Crippen molar-refractivity contribution in [3.05, 3.63) is 81.5 Å². The average molecular weight is 470 g/mol. The zero-order chi connectivity index (χ0) is 23.5. The first-order valence-corrected chi connectivity index (χ1v) is 11.1. The van der Waals surface area contributed by atoms with Crippen LogP contribution in [0.3, 0.4) is 0 Å². The minimum atomic E-state index is -0.394. The Kier molecular flexibility index (Phi) is 6.76. The van der Waals surface area contributed by atoms with Crippen molar-refractivity contribution in [3.63, 3.8) is 0 Å². The summed E-state index contributed by atoms with van der Waals surface area (Å²) >= 11 is 6.43. The second kappa shape index (κ2) is 9.72. The van der Waals surface area contributed by atoms with Crippen molar-refractivity contribution in [2.24, 2.45) is 0 Å². The second-order valence-corrected chi connectivity index (χ2v) is 8.42. The fourth-order valence-electron chi connectivity index (χ4n) is 3.88. The molecule has 172 valence electrons. The van der Waals surface area contributed by atoms with E-state index in [0.717, 1.165) is 5.56 Å². The van der Waals surface area contributed by atoms with Crippen molar-refractivity contribution in [2.45, 2.75) is 19.9 Å². The van der Waals surface area contributed by atoms with E-state index in [9.17, 15) is 14.0 Å². The van der Waals surface area contributed by atoms with Crippen LogP contribution in [-0.2, 0) is 4.79 Å². The molecule has 0 radical (unpaired) electrons. The maximum Gasteiger partial charge on any atom is 0.292 e. The summed E-state index contributed by atoms with van der Waals surface area (Å²) < 4.78 is 14.8. The molecule has 3 aromatic rings. The Morgan fingerprint density at radius 3 is 2.52 bits per heavy atom. The topological polar surface area (TPSA) is 70.5 Å². The number of benzene rings is 2. The van der Waals surface area contributed by atoms with Crippen LogP contribution >= 0.6 is 11.6 Å². The Morgan fingerprint density at radius 2 is 1.82 bits per heavy atom. The van der Waals surface area contributed by atoms with E-state index in [4.69, 9.17) is 11.6 Å². The number of amides is 1. The van der Waals surface area contributed by atoms with Gasteiger partial charge in [-0.2, -0.15) is 9.78 Å². The minimum Gasteiger partial charge on any atom is -0.366 e. The van der Waals surface area contributed by atoms with E-state index in [1.807, 2.05) is 41.8 Å². The molecule has 0 spiro atoms. The zero-order valence-electron chi connectivity index (χ0n) is 18.5. The first-order valence-electron chi connectivity index (χ1n) is 10.7. The van der Waals surface area contributed by atoms with Crippen LogP contribution in [0.4, 0.5) is 15.8 Å². The van der Waals surface area contributed by atoms with Crippen LogP contribution in [0.25, 0.3) is 5.69 Å². The Hall–Kier alpha value is -3.23. The van der Waals surface area contributed by atoms with E-state index in [-0.39, 0.29) is 16.5 Å². The second-order valence-electron chi connectivity index (χ2n) is 8.04. The zero-order valence-corrected chi connectivity index (χ0v) is 19.2. The molecule has 2 heterocycles. The third-order valence-electron chi connectivity index (χ3n) is 5.94. The van der Waals surface area contributed by atoms with Crippen molar-refractivity contribution in [1.29, 1.82) is 0 Å². The van der Waals surface area contributed by atoms with E-state index >= 15 is 0 Å². The molecule has 1 unspecified atom stereocenters. The maximum absolute atomic E-state index is 13.5. The summed E-state index contributed by atoms with van der Waals surface area (Å²) in [4.78, 5) is 29.6. The van der Waals surface area contributed by atoms with Gasteiger partial charge in [-0.15, -0.1) is 0 Å². The van der Waals surface area contributed by atoms with Gasteiger partial charge in [0.05, 0.1) is 23.6 Å². The van der Waals surface area contributed by atoms with Crippen molar-refractivity contribution in [2.75, 3.05) is 36.4 Å². The van der Waals surface area contributed by atoms with Gasteiger partial charge < -0.3 is 10.2 Å². The van der Waals surface area contributed by atoms with Gasteiger partial charge in [0.1, 0.15) is 10.8 Å². The number of rotatable bonds is 5. The highest BCUT2D eigenvalue weighted by atomic mass is 35.5. The molecule has 1 amide bonds. The molecule has 2 aromatic carbocycles.